The van der Waals surface area contributed by atoms with Crippen molar-refractivity contribution < 1.29 is 19.1 Å². The van der Waals surface area contributed by atoms with Crippen LogP contribution in [0.1, 0.15) is 99.8 Å². The van der Waals surface area contributed by atoms with Crippen LogP contribution in [-0.4, -0.2) is 24.1 Å². The first kappa shape index (κ1) is 24.0. The van der Waals surface area contributed by atoms with Gasteiger partial charge in [-0.3, -0.25) is 9.59 Å². The highest BCUT2D eigenvalue weighted by atomic mass is 16.6. The van der Waals surface area contributed by atoms with Crippen molar-refractivity contribution in [3.8, 4) is 0 Å². The lowest BCUT2D eigenvalue weighted by Gasteiger charge is -2.36. The van der Waals surface area contributed by atoms with Crippen molar-refractivity contribution in [2.24, 2.45) is 23.2 Å². The SMILES string of the molecule is CC(C)CC(C)(C(=O)OCCCC(=O)OC(C)(C)C1CCCCC1)C(C)C. The van der Waals surface area contributed by atoms with Crippen LogP contribution in [0.4, 0.5) is 0 Å². The van der Waals surface area contributed by atoms with Crippen LogP contribution < -0.4 is 0 Å². The van der Waals surface area contributed by atoms with Gasteiger partial charge in [0.05, 0.1) is 12.0 Å². The average molecular weight is 383 g/mol. The molecule has 0 bridgehead atoms. The first-order valence-corrected chi connectivity index (χ1v) is 10.9. The molecule has 0 aromatic heterocycles. The van der Waals surface area contributed by atoms with Gasteiger partial charge in [-0.05, 0) is 64.2 Å². The smallest absolute Gasteiger partial charge is 0.312 e. The van der Waals surface area contributed by atoms with Crippen LogP contribution in [0.25, 0.3) is 0 Å². The summed E-state index contributed by atoms with van der Waals surface area (Å²) in [4.78, 5) is 24.8. The molecule has 158 valence electrons. The van der Waals surface area contributed by atoms with Crippen LogP contribution in [0.3, 0.4) is 0 Å². The highest BCUT2D eigenvalue weighted by molar-refractivity contribution is 5.76. The summed E-state index contributed by atoms with van der Waals surface area (Å²) < 4.78 is 11.3. The number of hydrogen-bond donors (Lipinski definition) is 0. The van der Waals surface area contributed by atoms with Crippen molar-refractivity contribution in [1.29, 1.82) is 0 Å². The molecule has 0 saturated heterocycles. The molecule has 1 fully saturated rings. The zero-order valence-corrected chi connectivity index (χ0v) is 18.7. The summed E-state index contributed by atoms with van der Waals surface area (Å²) in [5.74, 6) is 0.768. The Morgan fingerprint density at radius 2 is 1.59 bits per heavy atom. The molecule has 1 atom stereocenters. The Morgan fingerprint density at radius 3 is 2.11 bits per heavy atom. The predicted molar refractivity (Wildman–Crippen MR) is 109 cm³/mol. The zero-order valence-electron chi connectivity index (χ0n) is 18.7. The summed E-state index contributed by atoms with van der Waals surface area (Å²) >= 11 is 0. The van der Waals surface area contributed by atoms with E-state index < -0.39 is 11.0 Å². The van der Waals surface area contributed by atoms with Gasteiger partial charge >= 0.3 is 11.9 Å². The zero-order chi connectivity index (χ0) is 20.7. The van der Waals surface area contributed by atoms with E-state index in [9.17, 15) is 9.59 Å². The number of carbonyl (C=O) groups is 2. The van der Waals surface area contributed by atoms with Gasteiger partial charge in [-0.2, -0.15) is 0 Å². The highest BCUT2D eigenvalue weighted by Gasteiger charge is 2.38. The third kappa shape index (κ3) is 7.46. The highest BCUT2D eigenvalue weighted by Crippen LogP contribution is 2.36. The second kappa shape index (κ2) is 10.5. The first-order chi connectivity index (χ1) is 12.5. The standard InChI is InChI=1S/C23H42O4/c1-17(2)16-23(7,18(3)4)21(25)26-15-11-14-20(24)27-22(5,6)19-12-9-8-10-13-19/h17-19H,8-16H2,1-7H3. The Labute approximate surface area is 166 Å². The van der Waals surface area contributed by atoms with Crippen LogP contribution in [-0.2, 0) is 19.1 Å². The van der Waals surface area contributed by atoms with Crippen LogP contribution >= 0.6 is 0 Å². The second-order valence-electron chi connectivity index (χ2n) is 9.82. The van der Waals surface area contributed by atoms with Crippen LogP contribution in [0.5, 0.6) is 0 Å². The van der Waals surface area contributed by atoms with Crippen molar-refractivity contribution in [2.45, 2.75) is 105 Å². The molecule has 0 amide bonds. The molecule has 4 nitrogen and oxygen atoms in total. The van der Waals surface area contributed by atoms with Gasteiger partial charge in [0.1, 0.15) is 5.60 Å². The Balaban J connectivity index is 2.39. The number of carbonyl (C=O) groups excluding carboxylic acids is 2. The molecule has 1 saturated carbocycles. The molecule has 1 unspecified atom stereocenters. The van der Waals surface area contributed by atoms with E-state index in [1.165, 1.54) is 19.3 Å². The summed E-state index contributed by atoms with van der Waals surface area (Å²) in [5.41, 5.74) is -0.876. The maximum Gasteiger partial charge on any atom is 0.312 e. The summed E-state index contributed by atoms with van der Waals surface area (Å²) in [7, 11) is 0. The molecule has 1 rings (SSSR count). The Kier molecular flexibility index (Phi) is 9.30. The van der Waals surface area contributed by atoms with Crippen molar-refractivity contribution in [3.63, 3.8) is 0 Å². The van der Waals surface area contributed by atoms with Gasteiger partial charge in [-0.15, -0.1) is 0 Å². The van der Waals surface area contributed by atoms with Gasteiger partial charge in [-0.25, -0.2) is 0 Å². The van der Waals surface area contributed by atoms with Gasteiger partial charge in [0.25, 0.3) is 0 Å². The molecule has 0 radical (unpaired) electrons. The predicted octanol–water partition coefficient (Wildman–Crippen LogP) is 5.92. The minimum atomic E-state index is -0.475. The third-order valence-corrected chi connectivity index (χ3v) is 6.30. The van der Waals surface area contributed by atoms with Crippen molar-refractivity contribution in [3.05, 3.63) is 0 Å². The molecule has 0 N–H and O–H groups in total. The monoisotopic (exact) mass is 382 g/mol. The number of ether oxygens (including phenoxy) is 2. The van der Waals surface area contributed by atoms with Gasteiger partial charge in [0.2, 0.25) is 0 Å². The van der Waals surface area contributed by atoms with E-state index in [0.29, 0.717) is 24.7 Å². The topological polar surface area (TPSA) is 52.6 Å². The Hall–Kier alpha value is -1.06. The van der Waals surface area contributed by atoms with E-state index in [0.717, 1.165) is 19.3 Å². The van der Waals surface area contributed by atoms with E-state index in [4.69, 9.17) is 9.47 Å². The largest absolute Gasteiger partial charge is 0.465 e. The summed E-state index contributed by atoms with van der Waals surface area (Å²) in [6, 6.07) is 0. The summed E-state index contributed by atoms with van der Waals surface area (Å²) in [6.07, 6.45) is 7.65. The Morgan fingerprint density at radius 1 is 1.00 bits per heavy atom. The molecular formula is C23H42O4. The molecule has 27 heavy (non-hydrogen) atoms. The minimum absolute atomic E-state index is 0.151. The molecular weight excluding hydrogens is 340 g/mol. The Bertz CT molecular complexity index is 475. The third-order valence-electron chi connectivity index (χ3n) is 6.30. The molecule has 1 aliphatic rings. The molecule has 0 aromatic carbocycles. The molecule has 0 heterocycles. The number of hydrogen-bond acceptors (Lipinski definition) is 4. The average Bonchev–Trinajstić information content (AvgIpc) is 2.58. The van der Waals surface area contributed by atoms with Crippen LogP contribution in [0.15, 0.2) is 0 Å². The van der Waals surface area contributed by atoms with E-state index >= 15 is 0 Å². The normalized spacial score (nSPS) is 18.4. The fourth-order valence-electron chi connectivity index (χ4n) is 4.17. The quantitative estimate of drug-likeness (QED) is 0.347. The van der Waals surface area contributed by atoms with Gasteiger partial charge in [-0.1, -0.05) is 47.0 Å². The van der Waals surface area contributed by atoms with E-state index in [2.05, 4.69) is 27.7 Å². The fraction of sp³-hybridized carbons (Fsp3) is 0.913. The molecule has 0 spiro atoms. The summed E-state index contributed by atoms with van der Waals surface area (Å²) in [6.45, 7) is 14.7. The van der Waals surface area contributed by atoms with E-state index in [1.807, 2.05) is 20.8 Å². The number of esters is 2. The molecule has 1 aliphatic carbocycles. The minimum Gasteiger partial charge on any atom is -0.465 e. The van der Waals surface area contributed by atoms with Crippen molar-refractivity contribution in [1.82, 2.24) is 0 Å². The second-order valence-corrected chi connectivity index (χ2v) is 9.82. The molecule has 4 heteroatoms. The van der Waals surface area contributed by atoms with Crippen LogP contribution in [0.2, 0.25) is 0 Å². The van der Waals surface area contributed by atoms with Crippen molar-refractivity contribution >= 4 is 11.9 Å². The number of rotatable bonds is 10. The maximum atomic E-state index is 12.6. The fourth-order valence-corrected chi connectivity index (χ4v) is 4.17. The van der Waals surface area contributed by atoms with Gasteiger partial charge in [0, 0.05) is 6.42 Å². The molecule has 0 aromatic rings. The van der Waals surface area contributed by atoms with Gasteiger partial charge in [0.15, 0.2) is 0 Å². The summed E-state index contributed by atoms with van der Waals surface area (Å²) in [5, 5.41) is 0. The lowest BCUT2D eigenvalue weighted by molar-refractivity contribution is -0.165. The van der Waals surface area contributed by atoms with Gasteiger partial charge < -0.3 is 9.47 Å². The lowest BCUT2D eigenvalue weighted by Crippen LogP contribution is -2.38. The van der Waals surface area contributed by atoms with Crippen molar-refractivity contribution in [2.75, 3.05) is 6.61 Å². The maximum absolute atomic E-state index is 12.6. The lowest BCUT2D eigenvalue weighted by atomic mass is 9.73. The first-order valence-electron chi connectivity index (χ1n) is 10.9. The molecule has 0 aliphatic heterocycles. The van der Waals surface area contributed by atoms with E-state index in [-0.39, 0.29) is 24.5 Å². The van der Waals surface area contributed by atoms with Crippen LogP contribution in [0, 0.1) is 23.2 Å². The van der Waals surface area contributed by atoms with E-state index in [1.54, 1.807) is 0 Å².